The molecule has 0 aromatic carbocycles. The Balaban J connectivity index is 1.47. The van der Waals surface area contributed by atoms with Crippen LogP contribution in [0.2, 0.25) is 22.2 Å². The maximum Gasteiger partial charge on any atom is 0.386 e. The van der Waals surface area contributed by atoms with Gasteiger partial charge in [-0.3, -0.25) is 9.32 Å². The molecule has 2 bridgehead atoms. The highest BCUT2D eigenvalue weighted by Gasteiger charge is 2.60. The number of aromatic nitrogens is 7. The highest BCUT2D eigenvalue weighted by atomic mass is 32.7. The van der Waals surface area contributed by atoms with Gasteiger partial charge in [0.05, 0.1) is 56.9 Å². The number of H-pyrrole nitrogens is 1. The van der Waals surface area contributed by atoms with Gasteiger partial charge in [0.2, 0.25) is 5.88 Å². The molecule has 19 nitrogen and oxygen atoms in total. The maximum atomic E-state index is 14.3. The number of rotatable bonds is 14. The zero-order chi connectivity index (χ0) is 43.6. The molecule has 2 aliphatic carbocycles. The molecule has 3 aliphatic rings. The quantitative estimate of drug-likeness (QED) is 0.0663. The fourth-order valence-electron chi connectivity index (χ4n) is 8.32. The summed E-state index contributed by atoms with van der Waals surface area (Å²) in [4.78, 5) is 40.3. The summed E-state index contributed by atoms with van der Waals surface area (Å²) >= 11 is 10.7. The lowest BCUT2D eigenvalue weighted by molar-refractivity contribution is -0.0101. The number of hydrogen-bond donors (Lipinski definition) is 3. The van der Waals surface area contributed by atoms with Gasteiger partial charge in [-0.1, -0.05) is 72.9 Å². The van der Waals surface area contributed by atoms with E-state index in [1.165, 1.54) is 17.3 Å². The van der Waals surface area contributed by atoms with Crippen LogP contribution < -0.4 is 10.3 Å². The highest BCUT2D eigenvalue weighted by Crippen LogP contribution is 2.61. The Kier molecular flexibility index (Phi) is 15.3. The molecule has 2 saturated carbocycles. The largest absolute Gasteiger partial charge is 0.474 e. The lowest BCUT2D eigenvalue weighted by atomic mass is 10.1. The van der Waals surface area contributed by atoms with E-state index in [-0.39, 0.29) is 66.0 Å². The van der Waals surface area contributed by atoms with Crippen LogP contribution >= 0.6 is 25.8 Å². The van der Waals surface area contributed by atoms with E-state index in [0.29, 0.717) is 18.7 Å². The van der Waals surface area contributed by atoms with Crippen molar-refractivity contribution in [3.63, 3.8) is 0 Å². The molecule has 6 rings (SSSR count). The van der Waals surface area contributed by atoms with Crippen molar-refractivity contribution in [3.05, 3.63) is 35.3 Å². The summed E-state index contributed by atoms with van der Waals surface area (Å²) in [6.45, 7) is 7.68. The summed E-state index contributed by atoms with van der Waals surface area (Å²) in [6, 6.07) is 2.94. The number of hydrogen-bond acceptors (Lipinski definition) is 18. The Hall–Kier alpha value is -2.01. The molecule has 3 aromatic rings. The standard InChI is InChI=1S/C35H56N8O11P2S2Si2/c1-21(2)59(46,22(3)4)54-60(23(5)6,24(7)8)53-32-26-15-28(43-34-31(41-42-43)35(44)40-20-39-34)33(32)52-56(58,47-13-9-11-36)49-17-25-14-27(50-30-10-12-37-19-38-30)16-29(25)51-55(45,57)48-18-26/h10,12,19-29,32-33,46H,9,13-18H2,1-8H3,(H,45,57)(H,39,40,44)/t25-,26?,27-,28-,29+,32-,33+,55-,56-/m1/s1. The average Bonchev–Trinajstić information content (AvgIpc) is 3.88. The normalized spacial score (nSPS) is 30.6. The van der Waals surface area contributed by atoms with Gasteiger partial charge in [-0.05, 0) is 46.8 Å². The molecule has 3 fully saturated rings. The molecule has 60 heavy (non-hydrogen) atoms. The highest BCUT2D eigenvalue weighted by molar-refractivity contribution is 8.44. The molecule has 332 valence electrons. The lowest BCUT2D eigenvalue weighted by Gasteiger charge is -2.48. The van der Waals surface area contributed by atoms with Gasteiger partial charge >= 0.3 is 30.6 Å². The zero-order valence-electron chi connectivity index (χ0n) is 35.0. The van der Waals surface area contributed by atoms with Gasteiger partial charge in [0.1, 0.15) is 18.5 Å². The second-order valence-electron chi connectivity index (χ2n) is 16.8. The monoisotopic (exact) mass is 946 g/mol. The van der Waals surface area contributed by atoms with Crippen molar-refractivity contribution in [1.29, 1.82) is 5.26 Å². The Bertz CT molecular complexity index is 2120. The molecule has 2 N–H and O–H groups in total. The molecule has 9 atom stereocenters. The van der Waals surface area contributed by atoms with E-state index < -0.39 is 78.5 Å². The number of aromatic amines is 1. The fourth-order valence-corrected chi connectivity index (χ4v) is 22.0. The van der Waals surface area contributed by atoms with Crippen LogP contribution in [0.3, 0.4) is 0 Å². The van der Waals surface area contributed by atoms with E-state index in [9.17, 15) is 19.4 Å². The van der Waals surface area contributed by atoms with Crippen LogP contribution in [0.15, 0.2) is 29.7 Å². The van der Waals surface area contributed by atoms with E-state index >= 15 is 0 Å². The van der Waals surface area contributed by atoms with Crippen LogP contribution in [0.25, 0.3) is 11.2 Å². The minimum atomic E-state index is -4.09. The number of nitrogens with zero attached hydrogens (tertiary/aromatic N) is 7. The number of fused-ring (bicyclic) bond motifs is 4. The smallest absolute Gasteiger partial charge is 0.386 e. The molecule has 0 spiro atoms. The molecule has 25 heteroatoms. The summed E-state index contributed by atoms with van der Waals surface area (Å²) in [5.41, 5.74) is -1.03. The van der Waals surface area contributed by atoms with Gasteiger partial charge in [-0.25, -0.2) is 24.2 Å². The third kappa shape index (κ3) is 10.3. The van der Waals surface area contributed by atoms with E-state index in [2.05, 4.69) is 48.6 Å². The van der Waals surface area contributed by atoms with Gasteiger partial charge in [0, 0.05) is 30.5 Å². The molecule has 1 aliphatic heterocycles. The van der Waals surface area contributed by atoms with Crippen LogP contribution in [0.5, 0.6) is 5.88 Å². The fraction of sp³-hybridized carbons (Fsp3) is 0.743. The third-order valence-corrected chi connectivity index (χ3v) is 25.3. The van der Waals surface area contributed by atoms with Crippen molar-refractivity contribution in [2.24, 2.45) is 11.8 Å². The Morgan fingerprint density at radius 1 is 1.05 bits per heavy atom. The van der Waals surface area contributed by atoms with Crippen molar-refractivity contribution in [3.8, 4) is 11.9 Å². The number of nitrogens with one attached hydrogen (secondary N) is 1. The predicted molar refractivity (Wildman–Crippen MR) is 231 cm³/mol. The first-order valence-electron chi connectivity index (χ1n) is 20.2. The van der Waals surface area contributed by atoms with Gasteiger partial charge in [0.25, 0.3) is 5.56 Å². The Morgan fingerprint density at radius 2 is 1.77 bits per heavy atom. The van der Waals surface area contributed by atoms with Crippen LogP contribution in [0.4, 0.5) is 0 Å². The molecule has 0 radical (unpaired) electrons. The summed E-state index contributed by atoms with van der Waals surface area (Å²) < 4.78 is 68.7. The summed E-state index contributed by atoms with van der Waals surface area (Å²) in [5, 5.41) is 18.1. The van der Waals surface area contributed by atoms with Crippen LogP contribution in [0, 0.1) is 23.2 Å². The van der Waals surface area contributed by atoms with E-state index in [1.54, 1.807) is 12.3 Å². The molecule has 1 saturated heterocycles. The van der Waals surface area contributed by atoms with E-state index in [0.717, 1.165) is 0 Å². The zero-order valence-corrected chi connectivity index (χ0v) is 40.5. The lowest BCUT2D eigenvalue weighted by Crippen LogP contribution is -2.62. The molecule has 4 heterocycles. The van der Waals surface area contributed by atoms with Crippen molar-refractivity contribution >= 4 is 65.9 Å². The van der Waals surface area contributed by atoms with Gasteiger partial charge in [0.15, 0.2) is 11.2 Å². The van der Waals surface area contributed by atoms with Crippen molar-refractivity contribution < 1.29 is 45.3 Å². The van der Waals surface area contributed by atoms with Gasteiger partial charge in [-0.15, -0.1) is 5.10 Å². The number of ether oxygens (including phenoxy) is 1. The Labute approximate surface area is 362 Å². The maximum absolute atomic E-state index is 14.3. The first-order valence-corrected chi connectivity index (χ1v) is 29.5. The van der Waals surface area contributed by atoms with Crippen LogP contribution in [-0.4, -0.2) is 101 Å². The molecule has 0 amide bonds. The van der Waals surface area contributed by atoms with Crippen LogP contribution in [-0.2, 0) is 47.5 Å². The van der Waals surface area contributed by atoms with Crippen molar-refractivity contribution in [1.82, 2.24) is 34.9 Å². The van der Waals surface area contributed by atoms with E-state index in [1.807, 2.05) is 55.4 Å². The second kappa shape index (κ2) is 19.4. The summed E-state index contributed by atoms with van der Waals surface area (Å²) in [6.07, 6.45) is 2.04. The molecular weight excluding hydrogens is 891 g/mol. The first kappa shape index (κ1) is 47.5. The third-order valence-electron chi connectivity index (χ3n) is 11.5. The van der Waals surface area contributed by atoms with Crippen molar-refractivity contribution in [2.75, 3.05) is 19.8 Å². The Morgan fingerprint density at radius 3 is 2.42 bits per heavy atom. The predicted octanol–water partition coefficient (Wildman–Crippen LogP) is 6.65. The van der Waals surface area contributed by atoms with E-state index in [4.69, 9.17) is 47.7 Å². The number of thiol groups is 1. The minimum Gasteiger partial charge on any atom is -0.474 e. The second-order valence-corrected chi connectivity index (χ2v) is 31.2. The van der Waals surface area contributed by atoms with Gasteiger partial charge in [-0.2, -0.15) is 5.26 Å². The summed E-state index contributed by atoms with van der Waals surface area (Å²) in [5.74, 6) is -0.696. The molecule has 3 aromatic heterocycles. The SMILES string of the molecule is CC(C)[Si](O)(O[Si](O[C@@H]1C2CO[P@@](=O)(S)O[C@H]3C[C@H](Oc4ccncn4)C[C@@H]3CO[P@](=S)(OCCC#N)O[C@H]1[C@H](n1nnc3c(=O)[nH]cnc31)C2)(C(C)C)C(C)C)C(C)C. The average molecular weight is 947 g/mol. The van der Waals surface area contributed by atoms with Crippen LogP contribution in [0.1, 0.15) is 87.1 Å². The molecule has 1 unspecified atom stereocenters. The first-order chi connectivity index (χ1) is 28.3. The number of nitriles is 1. The van der Waals surface area contributed by atoms with Gasteiger partial charge < -0.3 is 41.2 Å². The topological polar surface area (TPSA) is 237 Å². The molecular formula is C35H56N8O11P2S2Si2. The minimum absolute atomic E-state index is 0.00103. The summed E-state index contributed by atoms with van der Waals surface area (Å²) in [7, 11) is -6.98. The van der Waals surface area contributed by atoms with Crippen molar-refractivity contribution in [2.45, 2.75) is 134 Å².